The highest BCUT2D eigenvalue weighted by Crippen LogP contribution is 2.36. The highest BCUT2D eigenvalue weighted by molar-refractivity contribution is 5.89. The molecule has 1 aliphatic carbocycles. The molecule has 1 saturated carbocycles. The number of aliphatic hydroxyl groups excluding tert-OH is 1. The van der Waals surface area contributed by atoms with Gasteiger partial charge < -0.3 is 9.84 Å². The zero-order valence-electron chi connectivity index (χ0n) is 20.5. The molecule has 1 N–H and O–H groups in total. The number of fused-ring (bicyclic) bond motifs is 1. The van der Waals surface area contributed by atoms with Crippen LogP contribution in [-0.2, 0) is 22.6 Å². The molecule has 0 aliphatic heterocycles. The van der Waals surface area contributed by atoms with Gasteiger partial charge in [0.2, 0.25) is 0 Å². The average molecular weight is 457 g/mol. The summed E-state index contributed by atoms with van der Waals surface area (Å²) in [5.41, 5.74) is 7.75. The predicted molar refractivity (Wildman–Crippen MR) is 140 cm³/mol. The topological polar surface area (TPSA) is 46.5 Å². The average Bonchev–Trinajstić information content (AvgIpc) is 2.85. The first kappa shape index (κ1) is 24.2. The van der Waals surface area contributed by atoms with Crippen molar-refractivity contribution in [2.75, 3.05) is 6.61 Å². The first-order valence-corrected chi connectivity index (χ1v) is 12.6. The third kappa shape index (κ3) is 5.59. The Bertz CT molecular complexity index is 1180. The minimum atomic E-state index is -0.379. The molecule has 3 aromatic rings. The van der Waals surface area contributed by atoms with Crippen molar-refractivity contribution in [1.29, 1.82) is 0 Å². The lowest BCUT2D eigenvalue weighted by Crippen LogP contribution is -2.07. The molecule has 0 saturated heterocycles. The van der Waals surface area contributed by atoms with Crippen LogP contribution in [0.3, 0.4) is 0 Å². The van der Waals surface area contributed by atoms with Crippen LogP contribution in [0, 0.1) is 6.92 Å². The van der Waals surface area contributed by atoms with Crippen LogP contribution >= 0.6 is 0 Å². The minimum Gasteiger partial charge on any atom is -0.457 e. The van der Waals surface area contributed by atoms with Crippen LogP contribution in [0.25, 0.3) is 21.9 Å². The Morgan fingerprint density at radius 2 is 1.76 bits per heavy atom. The van der Waals surface area contributed by atoms with Crippen LogP contribution in [0.4, 0.5) is 0 Å². The van der Waals surface area contributed by atoms with Crippen molar-refractivity contribution in [3.05, 3.63) is 82.9 Å². The number of hydrogen-bond acceptors (Lipinski definition) is 3. The molecular formula is C31H36O3. The number of ether oxygens (including phenoxy) is 1. The van der Waals surface area contributed by atoms with E-state index in [0.29, 0.717) is 17.9 Å². The van der Waals surface area contributed by atoms with E-state index in [2.05, 4.69) is 62.0 Å². The van der Waals surface area contributed by atoms with E-state index >= 15 is 0 Å². The summed E-state index contributed by atoms with van der Waals surface area (Å²) in [4.78, 5) is 12.0. The molecule has 178 valence electrons. The zero-order valence-corrected chi connectivity index (χ0v) is 20.5. The molecule has 0 atom stereocenters. The maximum atomic E-state index is 12.0. The van der Waals surface area contributed by atoms with Gasteiger partial charge in [-0.1, -0.05) is 62.2 Å². The van der Waals surface area contributed by atoms with E-state index in [-0.39, 0.29) is 19.2 Å². The number of carbonyl (C=O) groups excluding carboxylic acids is 1. The molecule has 0 aromatic heterocycles. The number of benzene rings is 3. The van der Waals surface area contributed by atoms with Gasteiger partial charge in [-0.3, -0.25) is 0 Å². The molecule has 4 rings (SSSR count). The number of aliphatic hydroxyl groups is 1. The summed E-state index contributed by atoms with van der Waals surface area (Å²) in [5, 5.41) is 11.6. The van der Waals surface area contributed by atoms with E-state index in [9.17, 15) is 9.90 Å². The predicted octanol–water partition coefficient (Wildman–Crippen LogP) is 7.41. The lowest BCUT2D eigenvalue weighted by molar-refractivity contribution is -0.140. The third-order valence-corrected chi connectivity index (χ3v) is 7.11. The molecule has 3 nitrogen and oxygen atoms in total. The minimum absolute atomic E-state index is 0.137. The van der Waals surface area contributed by atoms with Crippen molar-refractivity contribution in [2.45, 2.75) is 71.3 Å². The van der Waals surface area contributed by atoms with E-state index in [0.717, 1.165) is 28.3 Å². The van der Waals surface area contributed by atoms with Gasteiger partial charge in [0, 0.05) is 12.2 Å². The molecule has 0 amide bonds. The van der Waals surface area contributed by atoms with Crippen molar-refractivity contribution in [3.63, 3.8) is 0 Å². The third-order valence-electron chi connectivity index (χ3n) is 7.11. The number of carbonyl (C=O) groups is 1. The summed E-state index contributed by atoms with van der Waals surface area (Å²) in [6.07, 6.45) is 8.12. The van der Waals surface area contributed by atoms with E-state index in [4.69, 9.17) is 4.74 Å². The van der Waals surface area contributed by atoms with Crippen molar-refractivity contribution >= 4 is 16.7 Å². The first-order valence-electron chi connectivity index (χ1n) is 12.6. The molecule has 3 aromatic carbocycles. The molecule has 0 spiro atoms. The number of hydrogen-bond donors (Lipinski definition) is 1. The Hall–Kier alpha value is -2.91. The maximum absolute atomic E-state index is 12.0. The number of rotatable bonds is 8. The van der Waals surface area contributed by atoms with Gasteiger partial charge in [-0.05, 0) is 102 Å². The van der Waals surface area contributed by atoms with E-state index in [1.54, 1.807) is 6.92 Å². The maximum Gasteiger partial charge on any atom is 0.333 e. The summed E-state index contributed by atoms with van der Waals surface area (Å²) in [6.45, 7) is 7.89. The van der Waals surface area contributed by atoms with Gasteiger partial charge in [-0.15, -0.1) is 0 Å². The second-order valence-corrected chi connectivity index (χ2v) is 9.78. The second kappa shape index (κ2) is 11.0. The van der Waals surface area contributed by atoms with Gasteiger partial charge in [-0.25, -0.2) is 4.79 Å². The Morgan fingerprint density at radius 1 is 1.00 bits per heavy atom. The molecular weight excluding hydrogens is 420 g/mol. The smallest absolute Gasteiger partial charge is 0.333 e. The lowest BCUT2D eigenvalue weighted by atomic mass is 9.82. The zero-order chi connectivity index (χ0) is 24.1. The van der Waals surface area contributed by atoms with E-state index in [1.807, 2.05) is 0 Å². The SMILES string of the molecule is C=C(C)C(=O)OCc1cc2cc(-c3ccc(C4CCCCC4)cc3C)ccc2cc1CCCO. The fourth-order valence-corrected chi connectivity index (χ4v) is 5.16. The van der Waals surface area contributed by atoms with Crippen LogP contribution in [0.15, 0.2) is 60.7 Å². The molecule has 1 fully saturated rings. The Kier molecular flexibility index (Phi) is 7.84. The van der Waals surface area contributed by atoms with Gasteiger partial charge in [0.15, 0.2) is 0 Å². The highest BCUT2D eigenvalue weighted by Gasteiger charge is 2.17. The quantitative estimate of drug-likeness (QED) is 0.284. The van der Waals surface area contributed by atoms with Crippen LogP contribution in [0.5, 0.6) is 0 Å². The molecule has 3 heteroatoms. The Labute approximate surface area is 203 Å². The Balaban J connectivity index is 1.65. The van der Waals surface area contributed by atoms with Crippen molar-refractivity contribution < 1.29 is 14.6 Å². The van der Waals surface area contributed by atoms with E-state index in [1.165, 1.54) is 54.4 Å². The van der Waals surface area contributed by atoms with Crippen molar-refractivity contribution in [1.82, 2.24) is 0 Å². The fraction of sp³-hybridized carbons (Fsp3) is 0.387. The lowest BCUT2D eigenvalue weighted by Gasteiger charge is -2.23. The van der Waals surface area contributed by atoms with Crippen molar-refractivity contribution in [2.24, 2.45) is 0 Å². The van der Waals surface area contributed by atoms with Gasteiger partial charge in [-0.2, -0.15) is 0 Å². The second-order valence-electron chi connectivity index (χ2n) is 9.78. The monoisotopic (exact) mass is 456 g/mol. The summed E-state index contributed by atoms with van der Waals surface area (Å²) >= 11 is 0. The van der Waals surface area contributed by atoms with Crippen molar-refractivity contribution in [3.8, 4) is 11.1 Å². The van der Waals surface area contributed by atoms with Gasteiger partial charge >= 0.3 is 5.97 Å². The standard InChI is InChI=1S/C31H36O3/c1-21(2)31(33)34-20-29-19-28-18-27(12-11-26(28)17-24(29)10-7-15-32)30-14-13-25(16-22(30)3)23-8-5-4-6-9-23/h11-14,16-19,23,32H,1,4-10,15,20H2,2-3H3. The molecule has 0 radical (unpaired) electrons. The largest absolute Gasteiger partial charge is 0.457 e. The van der Waals surface area contributed by atoms with Crippen LogP contribution < -0.4 is 0 Å². The summed E-state index contributed by atoms with van der Waals surface area (Å²) < 4.78 is 5.46. The van der Waals surface area contributed by atoms with Crippen LogP contribution in [-0.4, -0.2) is 17.7 Å². The summed E-state index contributed by atoms with van der Waals surface area (Å²) in [5.74, 6) is 0.329. The Morgan fingerprint density at radius 3 is 2.47 bits per heavy atom. The summed E-state index contributed by atoms with van der Waals surface area (Å²) in [6, 6.07) is 17.9. The molecule has 0 unspecified atom stereocenters. The van der Waals surface area contributed by atoms with Gasteiger partial charge in [0.05, 0.1) is 0 Å². The van der Waals surface area contributed by atoms with Crippen LogP contribution in [0.1, 0.15) is 73.6 Å². The van der Waals surface area contributed by atoms with Gasteiger partial charge in [0.25, 0.3) is 0 Å². The molecule has 0 heterocycles. The van der Waals surface area contributed by atoms with E-state index < -0.39 is 0 Å². The molecule has 1 aliphatic rings. The van der Waals surface area contributed by atoms with Crippen LogP contribution in [0.2, 0.25) is 0 Å². The highest BCUT2D eigenvalue weighted by atomic mass is 16.5. The normalized spacial score (nSPS) is 14.3. The molecule has 34 heavy (non-hydrogen) atoms. The number of aryl methyl sites for hydroxylation is 2. The molecule has 0 bridgehead atoms. The fourth-order valence-electron chi connectivity index (χ4n) is 5.16. The first-order chi connectivity index (χ1) is 16.5. The summed E-state index contributed by atoms with van der Waals surface area (Å²) in [7, 11) is 0. The number of esters is 1. The van der Waals surface area contributed by atoms with Gasteiger partial charge in [0.1, 0.15) is 6.61 Å².